The van der Waals surface area contributed by atoms with Crippen molar-refractivity contribution in [2.45, 2.75) is 31.3 Å². The van der Waals surface area contributed by atoms with Crippen LogP contribution in [-0.4, -0.2) is 34.2 Å². The van der Waals surface area contributed by atoms with Gasteiger partial charge in [-0.25, -0.2) is 9.59 Å². The second-order valence-corrected chi connectivity index (χ2v) is 6.13. The number of aliphatic carboxylic acids is 2. The summed E-state index contributed by atoms with van der Waals surface area (Å²) in [5.74, 6) is -1.55. The first-order valence-corrected chi connectivity index (χ1v) is 8.19. The van der Waals surface area contributed by atoms with Gasteiger partial charge in [-0.3, -0.25) is 0 Å². The summed E-state index contributed by atoms with van der Waals surface area (Å²) in [6.07, 6.45) is 2.11. The van der Waals surface area contributed by atoms with E-state index < -0.39 is 24.0 Å². The number of aryl methyl sites for hydroxylation is 1. The zero-order valence-electron chi connectivity index (χ0n) is 13.6. The number of carboxylic acid groups (broad SMARTS) is 2. The van der Waals surface area contributed by atoms with Crippen LogP contribution < -0.4 is 10.6 Å². The molecule has 0 fully saturated rings. The Morgan fingerprint density at radius 2 is 1.32 bits per heavy atom. The Kier molecular flexibility index (Phi) is 4.88. The number of nitrogens with one attached hydrogen (secondary N) is 2. The van der Waals surface area contributed by atoms with E-state index in [2.05, 4.69) is 10.6 Å². The second kappa shape index (κ2) is 7.25. The number of para-hydroxylation sites is 2. The SMILES string of the molecule is O=C(O)C1CCc2ccccc2N1.O=C(O)C1Cc2ccccc2N1. The third-order valence-electron chi connectivity index (χ3n) is 4.42. The Morgan fingerprint density at radius 3 is 1.92 bits per heavy atom. The molecule has 4 rings (SSSR count). The molecule has 6 nitrogen and oxygen atoms in total. The first-order chi connectivity index (χ1) is 12.0. The molecule has 0 radical (unpaired) electrons. The molecule has 4 N–H and O–H groups in total. The van der Waals surface area contributed by atoms with Crippen LogP contribution in [0.1, 0.15) is 17.5 Å². The van der Waals surface area contributed by atoms with Crippen LogP contribution >= 0.6 is 0 Å². The summed E-state index contributed by atoms with van der Waals surface area (Å²) in [6.45, 7) is 0. The molecule has 0 saturated heterocycles. The van der Waals surface area contributed by atoms with Gasteiger partial charge in [0.1, 0.15) is 12.1 Å². The van der Waals surface area contributed by atoms with Crippen molar-refractivity contribution >= 4 is 23.3 Å². The number of rotatable bonds is 2. The topological polar surface area (TPSA) is 98.7 Å². The molecule has 25 heavy (non-hydrogen) atoms. The summed E-state index contributed by atoms with van der Waals surface area (Å²) in [4.78, 5) is 21.3. The van der Waals surface area contributed by atoms with E-state index in [1.165, 1.54) is 5.56 Å². The fourth-order valence-electron chi connectivity index (χ4n) is 3.07. The molecule has 2 aromatic rings. The highest BCUT2D eigenvalue weighted by Gasteiger charge is 2.25. The number of carbonyl (C=O) groups is 2. The Balaban J connectivity index is 0.000000146. The first kappa shape index (κ1) is 16.8. The molecule has 0 bridgehead atoms. The first-order valence-electron chi connectivity index (χ1n) is 8.19. The molecule has 2 aromatic carbocycles. The summed E-state index contributed by atoms with van der Waals surface area (Å²) in [7, 11) is 0. The van der Waals surface area contributed by atoms with Crippen molar-refractivity contribution in [1.82, 2.24) is 0 Å². The third kappa shape index (κ3) is 3.91. The molecular formula is C19H20N2O4. The minimum absolute atomic E-state index is 0.421. The number of hydrogen-bond donors (Lipinski definition) is 4. The maximum atomic E-state index is 10.7. The van der Waals surface area contributed by atoms with E-state index in [-0.39, 0.29) is 0 Å². The highest BCUT2D eigenvalue weighted by Crippen LogP contribution is 2.25. The van der Waals surface area contributed by atoms with E-state index in [0.29, 0.717) is 12.8 Å². The lowest BCUT2D eigenvalue weighted by Gasteiger charge is -2.23. The van der Waals surface area contributed by atoms with E-state index in [4.69, 9.17) is 10.2 Å². The number of fused-ring (bicyclic) bond motifs is 2. The molecule has 0 saturated carbocycles. The van der Waals surface area contributed by atoms with Crippen LogP contribution in [0.15, 0.2) is 48.5 Å². The van der Waals surface area contributed by atoms with E-state index in [0.717, 1.165) is 23.4 Å². The van der Waals surface area contributed by atoms with Gasteiger partial charge in [0, 0.05) is 17.8 Å². The van der Waals surface area contributed by atoms with Gasteiger partial charge in [0.15, 0.2) is 0 Å². The molecule has 0 amide bonds. The lowest BCUT2D eigenvalue weighted by molar-refractivity contribution is -0.138. The molecule has 2 aliphatic heterocycles. The lowest BCUT2D eigenvalue weighted by Crippen LogP contribution is -2.33. The van der Waals surface area contributed by atoms with Gasteiger partial charge in [0.25, 0.3) is 0 Å². The predicted octanol–water partition coefficient (Wildman–Crippen LogP) is 2.61. The molecule has 0 aromatic heterocycles. The maximum absolute atomic E-state index is 10.7. The van der Waals surface area contributed by atoms with Crippen molar-refractivity contribution in [2.24, 2.45) is 0 Å². The van der Waals surface area contributed by atoms with Crippen molar-refractivity contribution in [3.8, 4) is 0 Å². The van der Waals surface area contributed by atoms with Gasteiger partial charge in [-0.05, 0) is 36.1 Å². The average molecular weight is 340 g/mol. The molecule has 6 heteroatoms. The quantitative estimate of drug-likeness (QED) is 0.671. The van der Waals surface area contributed by atoms with E-state index in [9.17, 15) is 9.59 Å². The largest absolute Gasteiger partial charge is 0.480 e. The highest BCUT2D eigenvalue weighted by molar-refractivity contribution is 5.81. The maximum Gasteiger partial charge on any atom is 0.326 e. The lowest BCUT2D eigenvalue weighted by atomic mass is 9.98. The van der Waals surface area contributed by atoms with Gasteiger partial charge in [-0.2, -0.15) is 0 Å². The summed E-state index contributed by atoms with van der Waals surface area (Å²) < 4.78 is 0. The summed E-state index contributed by atoms with van der Waals surface area (Å²) in [6, 6.07) is 14.6. The van der Waals surface area contributed by atoms with Crippen molar-refractivity contribution < 1.29 is 19.8 Å². The number of carboxylic acids is 2. The smallest absolute Gasteiger partial charge is 0.326 e. The third-order valence-corrected chi connectivity index (χ3v) is 4.42. The monoisotopic (exact) mass is 340 g/mol. The average Bonchev–Trinajstić information content (AvgIpc) is 3.06. The summed E-state index contributed by atoms with van der Waals surface area (Å²) in [5.41, 5.74) is 4.20. The minimum atomic E-state index is -0.786. The summed E-state index contributed by atoms with van der Waals surface area (Å²) in [5, 5.41) is 23.5. The van der Waals surface area contributed by atoms with E-state index >= 15 is 0 Å². The molecule has 2 aliphatic rings. The van der Waals surface area contributed by atoms with Gasteiger partial charge in [-0.15, -0.1) is 0 Å². The zero-order chi connectivity index (χ0) is 17.8. The molecule has 2 heterocycles. The number of benzene rings is 2. The van der Waals surface area contributed by atoms with Crippen LogP contribution in [0.2, 0.25) is 0 Å². The second-order valence-electron chi connectivity index (χ2n) is 6.13. The molecule has 2 atom stereocenters. The normalized spacial score (nSPS) is 20.0. The minimum Gasteiger partial charge on any atom is -0.480 e. The van der Waals surface area contributed by atoms with Crippen molar-refractivity contribution in [1.29, 1.82) is 0 Å². The van der Waals surface area contributed by atoms with Crippen LogP contribution in [0, 0.1) is 0 Å². The van der Waals surface area contributed by atoms with Gasteiger partial charge < -0.3 is 20.8 Å². The van der Waals surface area contributed by atoms with E-state index in [1.54, 1.807) is 0 Å². The van der Waals surface area contributed by atoms with Crippen LogP contribution in [-0.2, 0) is 22.4 Å². The fourth-order valence-corrected chi connectivity index (χ4v) is 3.07. The molecule has 130 valence electrons. The van der Waals surface area contributed by atoms with Gasteiger partial charge in [0.05, 0.1) is 0 Å². The van der Waals surface area contributed by atoms with E-state index in [1.807, 2.05) is 48.5 Å². The van der Waals surface area contributed by atoms with Gasteiger partial charge >= 0.3 is 11.9 Å². The number of hydrogen-bond acceptors (Lipinski definition) is 4. The van der Waals surface area contributed by atoms with Crippen LogP contribution in [0.4, 0.5) is 11.4 Å². The Hall–Kier alpha value is -3.02. The van der Waals surface area contributed by atoms with Crippen LogP contribution in [0.5, 0.6) is 0 Å². The Bertz CT molecular complexity index is 765. The Labute approximate surface area is 145 Å². The standard InChI is InChI=1S/C10H11NO2.C9H9NO2/c12-10(13)9-6-5-7-3-1-2-4-8(7)11-9;11-9(12)8-5-6-3-1-2-4-7(6)10-8/h1-4,9,11H,5-6H2,(H,12,13);1-4,8,10H,5H2,(H,11,12). The van der Waals surface area contributed by atoms with Gasteiger partial charge in [-0.1, -0.05) is 36.4 Å². The Morgan fingerprint density at radius 1 is 0.800 bits per heavy atom. The predicted molar refractivity (Wildman–Crippen MR) is 95.0 cm³/mol. The van der Waals surface area contributed by atoms with Crippen LogP contribution in [0.25, 0.3) is 0 Å². The van der Waals surface area contributed by atoms with Gasteiger partial charge in [0.2, 0.25) is 0 Å². The molecule has 0 spiro atoms. The van der Waals surface area contributed by atoms with Crippen LogP contribution in [0.3, 0.4) is 0 Å². The molecule has 0 aliphatic carbocycles. The number of anilines is 2. The molecule has 2 unspecified atom stereocenters. The molecular weight excluding hydrogens is 320 g/mol. The van der Waals surface area contributed by atoms with Crippen molar-refractivity contribution in [2.75, 3.05) is 10.6 Å². The van der Waals surface area contributed by atoms with Crippen molar-refractivity contribution in [3.05, 3.63) is 59.7 Å². The zero-order valence-corrected chi connectivity index (χ0v) is 13.6. The summed E-state index contributed by atoms with van der Waals surface area (Å²) >= 11 is 0. The van der Waals surface area contributed by atoms with Crippen molar-refractivity contribution in [3.63, 3.8) is 0 Å². The highest BCUT2D eigenvalue weighted by atomic mass is 16.4. The fraction of sp³-hybridized carbons (Fsp3) is 0.263.